The van der Waals surface area contributed by atoms with Crippen molar-refractivity contribution in [3.63, 3.8) is 0 Å². The zero-order valence-corrected chi connectivity index (χ0v) is 28.4. The lowest BCUT2D eigenvalue weighted by Gasteiger charge is -2.11. The Labute approximate surface area is 301 Å². The zero-order valence-electron chi connectivity index (χ0n) is 28.4. The predicted octanol–water partition coefficient (Wildman–Crippen LogP) is 13.5. The van der Waals surface area contributed by atoms with Crippen LogP contribution in [0.15, 0.2) is 194 Å². The lowest BCUT2D eigenvalue weighted by molar-refractivity contribution is 1.18. The fourth-order valence-electron chi connectivity index (χ4n) is 8.42. The van der Waals surface area contributed by atoms with Crippen LogP contribution in [0, 0.1) is 0 Å². The van der Waals surface area contributed by atoms with Crippen LogP contribution in [0.3, 0.4) is 0 Å². The summed E-state index contributed by atoms with van der Waals surface area (Å²) in [4.78, 5) is 0. The van der Waals surface area contributed by atoms with Gasteiger partial charge in [-0.15, -0.1) is 0 Å². The van der Waals surface area contributed by atoms with Crippen LogP contribution >= 0.6 is 0 Å². The van der Waals surface area contributed by atoms with Crippen molar-refractivity contribution in [2.24, 2.45) is 0 Å². The fourth-order valence-corrected chi connectivity index (χ4v) is 8.42. The van der Waals surface area contributed by atoms with E-state index in [0.29, 0.717) is 0 Å². The summed E-state index contributed by atoms with van der Waals surface area (Å²) in [6, 6.07) is 70.9. The van der Waals surface area contributed by atoms with Crippen molar-refractivity contribution in [2.75, 3.05) is 0 Å². The molecule has 2 nitrogen and oxygen atoms in total. The van der Waals surface area contributed by atoms with Crippen LogP contribution in [0.5, 0.6) is 0 Å². The van der Waals surface area contributed by atoms with E-state index in [2.05, 4.69) is 203 Å². The Morgan fingerprint density at radius 3 is 1.29 bits per heavy atom. The van der Waals surface area contributed by atoms with Gasteiger partial charge in [-0.05, 0) is 104 Å². The van der Waals surface area contributed by atoms with Crippen molar-refractivity contribution < 1.29 is 0 Å². The highest BCUT2D eigenvalue weighted by atomic mass is 15.0. The number of aromatic nitrogens is 2. The van der Waals surface area contributed by atoms with Crippen molar-refractivity contribution >= 4 is 65.2 Å². The van der Waals surface area contributed by atoms with Crippen LogP contribution in [0.4, 0.5) is 0 Å². The third-order valence-electron chi connectivity index (χ3n) is 10.9. The van der Waals surface area contributed by atoms with E-state index in [1.165, 1.54) is 98.8 Å². The second-order valence-electron chi connectivity index (χ2n) is 13.8. The smallest absolute Gasteiger partial charge is 0.0547 e. The number of para-hydroxylation sites is 4. The summed E-state index contributed by atoms with van der Waals surface area (Å²) < 4.78 is 4.76. The zero-order chi connectivity index (χ0) is 34.2. The van der Waals surface area contributed by atoms with Crippen LogP contribution in [0.1, 0.15) is 0 Å². The SMILES string of the molecule is c1ccc(-n2c3ccccc3c3cc4c(ccc5cc(-c6ccc(-c7ccc(-n8c9ccccc9c9ccccc98)cc7)cc6)ccc54)cc32)cc1. The van der Waals surface area contributed by atoms with E-state index < -0.39 is 0 Å². The minimum Gasteiger partial charge on any atom is -0.309 e. The van der Waals surface area contributed by atoms with Crippen LogP contribution in [0.2, 0.25) is 0 Å². The molecule has 2 heteroatoms. The molecule has 0 N–H and O–H groups in total. The summed E-state index contributed by atoms with van der Waals surface area (Å²) in [6.07, 6.45) is 0. The van der Waals surface area contributed by atoms with Crippen molar-refractivity contribution in [3.8, 4) is 33.6 Å². The Hall–Kier alpha value is -6.90. The molecule has 11 rings (SSSR count). The van der Waals surface area contributed by atoms with Crippen LogP contribution in [-0.2, 0) is 0 Å². The summed E-state index contributed by atoms with van der Waals surface area (Å²) in [5.41, 5.74) is 12.1. The van der Waals surface area contributed by atoms with Crippen molar-refractivity contribution in [3.05, 3.63) is 194 Å². The van der Waals surface area contributed by atoms with E-state index in [9.17, 15) is 0 Å². The molecule has 2 aromatic heterocycles. The van der Waals surface area contributed by atoms with Crippen LogP contribution < -0.4 is 0 Å². The normalized spacial score (nSPS) is 11.8. The van der Waals surface area contributed by atoms with Gasteiger partial charge in [-0.25, -0.2) is 0 Å². The van der Waals surface area contributed by atoms with Gasteiger partial charge in [0.25, 0.3) is 0 Å². The summed E-state index contributed by atoms with van der Waals surface area (Å²) in [5.74, 6) is 0. The summed E-state index contributed by atoms with van der Waals surface area (Å²) >= 11 is 0. The number of hydrogen-bond donors (Lipinski definition) is 0. The molecule has 0 atom stereocenters. The molecule has 2 heterocycles. The molecule has 11 aromatic rings. The maximum absolute atomic E-state index is 2.40. The van der Waals surface area contributed by atoms with Crippen LogP contribution in [0.25, 0.3) is 98.8 Å². The van der Waals surface area contributed by atoms with E-state index in [-0.39, 0.29) is 0 Å². The molecular formula is C50H32N2. The van der Waals surface area contributed by atoms with E-state index in [4.69, 9.17) is 0 Å². The molecule has 0 spiro atoms. The Kier molecular flexibility index (Phi) is 6.28. The molecule has 0 aliphatic carbocycles. The predicted molar refractivity (Wildman–Crippen MR) is 221 cm³/mol. The van der Waals surface area contributed by atoms with Gasteiger partial charge in [-0.2, -0.15) is 0 Å². The molecule has 0 unspecified atom stereocenters. The van der Waals surface area contributed by atoms with E-state index in [1.54, 1.807) is 0 Å². The first-order chi connectivity index (χ1) is 25.8. The van der Waals surface area contributed by atoms with Crippen molar-refractivity contribution in [1.29, 1.82) is 0 Å². The highest BCUT2D eigenvalue weighted by Gasteiger charge is 2.15. The van der Waals surface area contributed by atoms with E-state index >= 15 is 0 Å². The standard InChI is InChI=1S/C50H32N2/c1-2-10-39(11-3-1)52-49-17-9-6-14-44(49)46-32-45-38(31-50(46)52)23-22-37-30-36(26-29-41(37)45)35-20-18-33(19-21-35)34-24-27-40(28-25-34)51-47-15-7-4-12-42(47)43-13-5-8-16-48(43)51/h1-32H. The Balaban J connectivity index is 0.940. The third kappa shape index (κ3) is 4.38. The quantitative estimate of drug-likeness (QED) is 0.166. The third-order valence-corrected chi connectivity index (χ3v) is 10.9. The highest BCUT2D eigenvalue weighted by Crippen LogP contribution is 2.38. The van der Waals surface area contributed by atoms with Gasteiger partial charge in [0.2, 0.25) is 0 Å². The molecule has 9 aromatic carbocycles. The molecule has 0 bridgehead atoms. The largest absolute Gasteiger partial charge is 0.309 e. The highest BCUT2D eigenvalue weighted by molar-refractivity contribution is 6.18. The topological polar surface area (TPSA) is 9.86 Å². The average Bonchev–Trinajstić information content (AvgIpc) is 3.73. The van der Waals surface area contributed by atoms with Gasteiger partial charge in [0, 0.05) is 32.9 Å². The minimum absolute atomic E-state index is 1.17. The number of benzene rings is 9. The van der Waals surface area contributed by atoms with Gasteiger partial charge in [-0.3, -0.25) is 0 Å². The maximum atomic E-state index is 2.40. The molecular weight excluding hydrogens is 629 g/mol. The van der Waals surface area contributed by atoms with Gasteiger partial charge in [-0.1, -0.05) is 133 Å². The molecule has 0 saturated heterocycles. The molecule has 0 aliphatic heterocycles. The Morgan fingerprint density at radius 1 is 0.231 bits per heavy atom. The molecule has 242 valence electrons. The van der Waals surface area contributed by atoms with Gasteiger partial charge in [0.05, 0.1) is 22.1 Å². The van der Waals surface area contributed by atoms with Gasteiger partial charge in [0.1, 0.15) is 0 Å². The lowest BCUT2D eigenvalue weighted by Crippen LogP contribution is -1.93. The van der Waals surface area contributed by atoms with E-state index in [0.717, 1.165) is 0 Å². The second-order valence-corrected chi connectivity index (χ2v) is 13.8. The molecule has 0 saturated carbocycles. The van der Waals surface area contributed by atoms with E-state index in [1.807, 2.05) is 0 Å². The first kappa shape index (κ1) is 28.9. The Morgan fingerprint density at radius 2 is 0.673 bits per heavy atom. The number of fused-ring (bicyclic) bond motifs is 9. The van der Waals surface area contributed by atoms with Gasteiger partial charge >= 0.3 is 0 Å². The fraction of sp³-hybridized carbons (Fsp3) is 0. The molecule has 0 radical (unpaired) electrons. The van der Waals surface area contributed by atoms with Gasteiger partial charge < -0.3 is 9.13 Å². The number of hydrogen-bond acceptors (Lipinski definition) is 0. The second kappa shape index (κ2) is 11.3. The summed E-state index contributed by atoms with van der Waals surface area (Å²) in [6.45, 7) is 0. The molecule has 0 amide bonds. The van der Waals surface area contributed by atoms with Gasteiger partial charge in [0.15, 0.2) is 0 Å². The van der Waals surface area contributed by atoms with Crippen LogP contribution in [-0.4, -0.2) is 9.13 Å². The number of nitrogens with zero attached hydrogens (tertiary/aromatic N) is 2. The minimum atomic E-state index is 1.17. The molecule has 0 fully saturated rings. The van der Waals surface area contributed by atoms with Crippen molar-refractivity contribution in [2.45, 2.75) is 0 Å². The number of rotatable bonds is 4. The lowest BCUT2D eigenvalue weighted by atomic mass is 9.95. The average molecular weight is 661 g/mol. The van der Waals surface area contributed by atoms with Crippen molar-refractivity contribution in [1.82, 2.24) is 9.13 Å². The Bertz CT molecular complexity index is 3090. The first-order valence-electron chi connectivity index (χ1n) is 17.9. The first-order valence-corrected chi connectivity index (χ1v) is 17.9. The summed E-state index contributed by atoms with van der Waals surface area (Å²) in [5, 5.41) is 10.2. The maximum Gasteiger partial charge on any atom is 0.0547 e. The summed E-state index contributed by atoms with van der Waals surface area (Å²) in [7, 11) is 0. The monoisotopic (exact) mass is 660 g/mol. The molecule has 52 heavy (non-hydrogen) atoms. The molecule has 0 aliphatic rings.